The van der Waals surface area contributed by atoms with Gasteiger partial charge in [-0.15, -0.1) is 0 Å². The molecule has 0 atom stereocenters. The smallest absolute Gasteiger partial charge is 0.266 e. The van der Waals surface area contributed by atoms with Gasteiger partial charge in [0.1, 0.15) is 17.4 Å². The highest BCUT2D eigenvalue weighted by molar-refractivity contribution is 6.09. The molecule has 0 fully saturated rings. The zero-order valence-electron chi connectivity index (χ0n) is 12.9. The van der Waals surface area contributed by atoms with Gasteiger partial charge in [-0.05, 0) is 35.9 Å². The number of anilines is 1. The number of ether oxygens (including phenoxy) is 3. The zero-order chi connectivity index (χ0) is 16.9. The summed E-state index contributed by atoms with van der Waals surface area (Å²) in [6.07, 6.45) is 1.52. The van der Waals surface area contributed by atoms with Crippen LogP contribution in [-0.4, -0.2) is 19.8 Å². The Morgan fingerprint density at radius 2 is 1.96 bits per heavy atom. The highest BCUT2D eigenvalue weighted by Gasteiger charge is 2.15. The van der Waals surface area contributed by atoms with Gasteiger partial charge in [0.15, 0.2) is 11.5 Å². The lowest BCUT2D eigenvalue weighted by molar-refractivity contribution is -0.112. The molecule has 0 bridgehead atoms. The zero-order valence-corrected chi connectivity index (χ0v) is 12.9. The highest BCUT2D eigenvalue weighted by atomic mass is 16.7. The maximum atomic E-state index is 12.3. The van der Waals surface area contributed by atoms with E-state index in [1.165, 1.54) is 6.08 Å². The molecule has 3 rings (SSSR count). The summed E-state index contributed by atoms with van der Waals surface area (Å²) in [6.45, 7) is 0.160. The van der Waals surface area contributed by atoms with Crippen LogP contribution < -0.4 is 19.5 Å². The molecular weight excluding hydrogens is 308 g/mol. The molecule has 6 nitrogen and oxygen atoms in total. The summed E-state index contributed by atoms with van der Waals surface area (Å²) in [5, 5.41) is 11.9. The number of nitrogens with one attached hydrogen (secondary N) is 1. The number of hydrogen-bond donors (Lipinski definition) is 1. The summed E-state index contributed by atoms with van der Waals surface area (Å²) >= 11 is 0. The van der Waals surface area contributed by atoms with E-state index in [1.807, 2.05) is 6.07 Å². The lowest BCUT2D eigenvalue weighted by atomic mass is 10.1. The SMILES string of the molecule is COc1ccc(/C=C(/C#N)C(=O)Nc2ccc3c(c2)OCO3)cc1. The van der Waals surface area contributed by atoms with Gasteiger partial charge in [0, 0.05) is 11.8 Å². The number of carbonyl (C=O) groups excluding carboxylic acids is 1. The van der Waals surface area contributed by atoms with Crippen molar-refractivity contribution in [2.45, 2.75) is 0 Å². The topological polar surface area (TPSA) is 80.6 Å². The van der Waals surface area contributed by atoms with Crippen LogP contribution in [0.1, 0.15) is 5.56 Å². The lowest BCUT2D eigenvalue weighted by Crippen LogP contribution is -2.13. The molecule has 0 spiro atoms. The van der Waals surface area contributed by atoms with E-state index in [4.69, 9.17) is 14.2 Å². The van der Waals surface area contributed by atoms with Crippen molar-refractivity contribution in [3.63, 3.8) is 0 Å². The molecule has 24 heavy (non-hydrogen) atoms. The molecule has 2 aromatic rings. The largest absolute Gasteiger partial charge is 0.497 e. The standard InChI is InChI=1S/C18H14N2O4/c1-22-15-5-2-12(3-6-15)8-13(10-19)18(21)20-14-4-7-16-17(9-14)24-11-23-16/h2-9H,11H2,1H3,(H,20,21)/b13-8-. The van der Waals surface area contributed by atoms with Crippen LogP contribution in [0.25, 0.3) is 6.08 Å². The minimum Gasteiger partial charge on any atom is -0.497 e. The third kappa shape index (κ3) is 3.31. The van der Waals surface area contributed by atoms with Crippen LogP contribution >= 0.6 is 0 Å². The first kappa shape index (κ1) is 15.4. The first-order valence-corrected chi connectivity index (χ1v) is 7.16. The predicted molar refractivity (Wildman–Crippen MR) is 87.8 cm³/mol. The van der Waals surface area contributed by atoms with Crippen LogP contribution in [0.4, 0.5) is 5.69 Å². The van der Waals surface area contributed by atoms with Crippen molar-refractivity contribution >= 4 is 17.7 Å². The van der Waals surface area contributed by atoms with E-state index in [2.05, 4.69) is 5.32 Å². The van der Waals surface area contributed by atoms with Gasteiger partial charge in [-0.25, -0.2) is 0 Å². The Morgan fingerprint density at radius 3 is 2.67 bits per heavy atom. The highest BCUT2D eigenvalue weighted by Crippen LogP contribution is 2.34. The van der Waals surface area contributed by atoms with Crippen molar-refractivity contribution < 1.29 is 19.0 Å². The Kier molecular flexibility index (Phi) is 4.34. The van der Waals surface area contributed by atoms with Crippen LogP contribution in [0.2, 0.25) is 0 Å². The minimum absolute atomic E-state index is 0.00201. The van der Waals surface area contributed by atoms with Crippen molar-refractivity contribution in [3.8, 4) is 23.3 Å². The van der Waals surface area contributed by atoms with E-state index < -0.39 is 5.91 Å². The van der Waals surface area contributed by atoms with Gasteiger partial charge >= 0.3 is 0 Å². The number of methoxy groups -OCH3 is 1. The maximum absolute atomic E-state index is 12.3. The molecule has 0 aliphatic carbocycles. The summed E-state index contributed by atoms with van der Waals surface area (Å²) in [4.78, 5) is 12.3. The van der Waals surface area contributed by atoms with Crippen LogP contribution in [-0.2, 0) is 4.79 Å². The number of rotatable bonds is 4. The third-order valence-electron chi connectivity index (χ3n) is 3.42. The molecular formula is C18H14N2O4. The molecule has 0 aromatic heterocycles. The molecule has 1 amide bonds. The lowest BCUT2D eigenvalue weighted by Gasteiger charge is -2.05. The molecule has 0 radical (unpaired) electrons. The fourth-order valence-corrected chi connectivity index (χ4v) is 2.19. The van der Waals surface area contributed by atoms with Crippen molar-refractivity contribution in [1.29, 1.82) is 5.26 Å². The molecule has 1 heterocycles. The number of hydrogen-bond acceptors (Lipinski definition) is 5. The van der Waals surface area contributed by atoms with E-state index in [-0.39, 0.29) is 12.4 Å². The van der Waals surface area contributed by atoms with Crippen molar-refractivity contribution in [2.75, 3.05) is 19.2 Å². The van der Waals surface area contributed by atoms with Crippen molar-refractivity contribution in [2.24, 2.45) is 0 Å². The van der Waals surface area contributed by atoms with E-state index in [9.17, 15) is 10.1 Å². The number of benzene rings is 2. The maximum Gasteiger partial charge on any atom is 0.266 e. The number of carbonyl (C=O) groups is 1. The van der Waals surface area contributed by atoms with E-state index in [0.717, 1.165) is 5.56 Å². The summed E-state index contributed by atoms with van der Waals surface area (Å²) in [5.74, 6) is 1.40. The first-order chi connectivity index (χ1) is 11.7. The van der Waals surface area contributed by atoms with Gasteiger partial charge in [0.2, 0.25) is 6.79 Å². The second-order valence-corrected chi connectivity index (χ2v) is 4.97. The molecule has 6 heteroatoms. The van der Waals surface area contributed by atoms with Gasteiger partial charge in [0.25, 0.3) is 5.91 Å². The number of fused-ring (bicyclic) bond motifs is 1. The molecule has 120 valence electrons. The van der Waals surface area contributed by atoms with Gasteiger partial charge in [0.05, 0.1) is 7.11 Å². The molecule has 1 N–H and O–H groups in total. The Labute approximate surface area is 138 Å². The Morgan fingerprint density at radius 1 is 1.21 bits per heavy atom. The number of amides is 1. The summed E-state index contributed by atoms with van der Waals surface area (Å²) in [5.41, 5.74) is 1.26. The van der Waals surface area contributed by atoms with Gasteiger partial charge < -0.3 is 19.5 Å². The Hall–Kier alpha value is -3.46. The summed E-state index contributed by atoms with van der Waals surface area (Å²) in [6, 6.07) is 14.0. The molecule has 2 aromatic carbocycles. The Balaban J connectivity index is 1.76. The minimum atomic E-state index is -0.493. The van der Waals surface area contributed by atoms with Gasteiger partial charge in [-0.3, -0.25) is 4.79 Å². The van der Waals surface area contributed by atoms with E-state index >= 15 is 0 Å². The first-order valence-electron chi connectivity index (χ1n) is 7.16. The molecule has 1 aliphatic heterocycles. The normalized spacial score (nSPS) is 12.4. The fraction of sp³-hybridized carbons (Fsp3) is 0.111. The fourth-order valence-electron chi connectivity index (χ4n) is 2.19. The van der Waals surface area contributed by atoms with Crippen LogP contribution in [0, 0.1) is 11.3 Å². The number of nitrogens with zero attached hydrogens (tertiary/aromatic N) is 1. The monoisotopic (exact) mass is 322 g/mol. The second-order valence-electron chi connectivity index (χ2n) is 4.97. The molecule has 1 aliphatic rings. The average Bonchev–Trinajstić information content (AvgIpc) is 3.07. The number of nitriles is 1. The van der Waals surface area contributed by atoms with Gasteiger partial charge in [-0.2, -0.15) is 5.26 Å². The molecule has 0 saturated heterocycles. The Bertz CT molecular complexity index is 835. The molecule has 0 unspecified atom stereocenters. The molecule has 0 saturated carbocycles. The summed E-state index contributed by atoms with van der Waals surface area (Å²) in [7, 11) is 1.57. The van der Waals surface area contributed by atoms with Crippen molar-refractivity contribution in [1.82, 2.24) is 0 Å². The third-order valence-corrected chi connectivity index (χ3v) is 3.42. The second kappa shape index (κ2) is 6.75. The quantitative estimate of drug-likeness (QED) is 0.691. The average molecular weight is 322 g/mol. The van der Waals surface area contributed by atoms with Crippen LogP contribution in [0.5, 0.6) is 17.2 Å². The van der Waals surface area contributed by atoms with Crippen molar-refractivity contribution in [3.05, 3.63) is 53.6 Å². The summed E-state index contributed by atoms with van der Waals surface area (Å²) < 4.78 is 15.6. The van der Waals surface area contributed by atoms with Crippen LogP contribution in [0.3, 0.4) is 0 Å². The van der Waals surface area contributed by atoms with Crippen LogP contribution in [0.15, 0.2) is 48.0 Å². The van der Waals surface area contributed by atoms with E-state index in [1.54, 1.807) is 49.6 Å². The van der Waals surface area contributed by atoms with Gasteiger partial charge in [-0.1, -0.05) is 12.1 Å². The van der Waals surface area contributed by atoms with E-state index in [0.29, 0.717) is 22.9 Å². The predicted octanol–water partition coefficient (Wildman–Crippen LogP) is 2.97.